The molecule has 1 aliphatic rings. The number of benzene rings is 2. The molecule has 1 saturated heterocycles. The number of esters is 1. The van der Waals surface area contributed by atoms with Crippen molar-refractivity contribution in [3.05, 3.63) is 53.6 Å². The number of carbonyl (C=O) groups is 4. The summed E-state index contributed by atoms with van der Waals surface area (Å²) in [6.45, 7) is 1.30. The molecule has 2 N–H and O–H groups in total. The van der Waals surface area contributed by atoms with Crippen molar-refractivity contribution in [1.29, 1.82) is 0 Å². The summed E-state index contributed by atoms with van der Waals surface area (Å²) < 4.78 is 15.4. The largest absolute Gasteiger partial charge is 0.497 e. The fourth-order valence-corrected chi connectivity index (χ4v) is 3.25. The van der Waals surface area contributed by atoms with E-state index in [1.54, 1.807) is 18.2 Å². The molecule has 1 heterocycles. The molecule has 0 aromatic heterocycles. The summed E-state index contributed by atoms with van der Waals surface area (Å²) in [5.74, 6) is -2.15. The van der Waals surface area contributed by atoms with Gasteiger partial charge in [-0.15, -0.1) is 0 Å². The van der Waals surface area contributed by atoms with E-state index in [0.29, 0.717) is 17.2 Å². The van der Waals surface area contributed by atoms with E-state index in [1.807, 2.05) is 19.1 Å². The average molecular weight is 455 g/mol. The van der Waals surface area contributed by atoms with Crippen molar-refractivity contribution in [1.82, 2.24) is 10.4 Å². The third kappa shape index (κ3) is 6.00. The Balaban J connectivity index is 1.53. The third-order valence-electron chi connectivity index (χ3n) is 5.07. The molecule has 2 aromatic rings. The lowest BCUT2D eigenvalue weighted by Gasteiger charge is -2.18. The van der Waals surface area contributed by atoms with Crippen LogP contribution in [0.1, 0.15) is 22.3 Å². The zero-order valence-corrected chi connectivity index (χ0v) is 18.5. The van der Waals surface area contributed by atoms with Gasteiger partial charge < -0.3 is 19.5 Å². The fourth-order valence-electron chi connectivity index (χ4n) is 3.25. The second-order valence-electron chi connectivity index (χ2n) is 7.42. The number of anilines is 1. The van der Waals surface area contributed by atoms with Gasteiger partial charge in [0.25, 0.3) is 11.8 Å². The highest BCUT2D eigenvalue weighted by Crippen LogP contribution is 2.23. The zero-order chi connectivity index (χ0) is 24.0. The van der Waals surface area contributed by atoms with Crippen molar-refractivity contribution in [2.45, 2.75) is 13.3 Å². The molecule has 1 fully saturated rings. The van der Waals surface area contributed by atoms with Crippen LogP contribution in [0.5, 0.6) is 11.5 Å². The van der Waals surface area contributed by atoms with Gasteiger partial charge in [-0.2, -0.15) is 0 Å². The van der Waals surface area contributed by atoms with Crippen LogP contribution in [0.3, 0.4) is 0 Å². The molecule has 0 unspecified atom stereocenters. The van der Waals surface area contributed by atoms with Crippen molar-refractivity contribution < 1.29 is 33.4 Å². The molecule has 0 saturated carbocycles. The molecule has 33 heavy (non-hydrogen) atoms. The summed E-state index contributed by atoms with van der Waals surface area (Å²) in [6.07, 6.45) is -0.139. The van der Waals surface area contributed by atoms with E-state index < -0.39 is 36.2 Å². The Morgan fingerprint density at radius 2 is 1.73 bits per heavy atom. The smallest absolute Gasteiger partial charge is 0.311 e. The second kappa shape index (κ2) is 10.5. The minimum Gasteiger partial charge on any atom is -0.497 e. The zero-order valence-electron chi connectivity index (χ0n) is 18.5. The highest BCUT2D eigenvalue weighted by Gasteiger charge is 2.36. The van der Waals surface area contributed by atoms with Crippen LogP contribution < -0.4 is 20.2 Å². The van der Waals surface area contributed by atoms with Crippen LogP contribution in [0.25, 0.3) is 0 Å². The molecule has 0 spiro atoms. The SMILES string of the molecule is COc1cc(OC)cc(C(=O)NN2C[C@@H](C(=O)OCC(=O)Nc3ccccc3C)CC2=O)c1. The van der Waals surface area contributed by atoms with Gasteiger partial charge in [-0.05, 0) is 30.7 Å². The number of hydrogen-bond acceptors (Lipinski definition) is 7. The highest BCUT2D eigenvalue weighted by molar-refractivity contribution is 5.97. The normalized spacial score (nSPS) is 15.1. The Kier molecular flexibility index (Phi) is 7.50. The maximum Gasteiger partial charge on any atom is 0.311 e. The first-order chi connectivity index (χ1) is 15.8. The lowest BCUT2D eigenvalue weighted by atomic mass is 10.1. The van der Waals surface area contributed by atoms with Crippen molar-refractivity contribution in [3.8, 4) is 11.5 Å². The molecular weight excluding hydrogens is 430 g/mol. The average Bonchev–Trinajstić information content (AvgIpc) is 3.18. The Labute approximate surface area is 190 Å². The van der Waals surface area contributed by atoms with Crippen LogP contribution in [0.4, 0.5) is 5.69 Å². The predicted molar refractivity (Wildman–Crippen MR) is 118 cm³/mol. The number of ether oxygens (including phenoxy) is 3. The van der Waals surface area contributed by atoms with Gasteiger partial charge >= 0.3 is 5.97 Å². The van der Waals surface area contributed by atoms with Gasteiger partial charge in [-0.1, -0.05) is 18.2 Å². The van der Waals surface area contributed by atoms with Crippen molar-refractivity contribution in [2.24, 2.45) is 5.92 Å². The van der Waals surface area contributed by atoms with Crippen LogP contribution in [-0.2, 0) is 19.1 Å². The summed E-state index contributed by atoms with van der Waals surface area (Å²) in [6, 6.07) is 11.8. The monoisotopic (exact) mass is 455 g/mol. The molecule has 0 radical (unpaired) electrons. The number of para-hydroxylation sites is 1. The summed E-state index contributed by atoms with van der Waals surface area (Å²) in [5.41, 5.74) is 4.20. The quantitative estimate of drug-likeness (QED) is 0.581. The molecule has 174 valence electrons. The highest BCUT2D eigenvalue weighted by atomic mass is 16.5. The molecular formula is C23H25N3O7. The van der Waals surface area contributed by atoms with Crippen molar-refractivity contribution in [3.63, 3.8) is 0 Å². The number of hydrazine groups is 1. The molecule has 10 nitrogen and oxygen atoms in total. The lowest BCUT2D eigenvalue weighted by Crippen LogP contribution is -2.43. The van der Waals surface area contributed by atoms with Gasteiger partial charge in [0.15, 0.2) is 6.61 Å². The Hall–Kier alpha value is -4.08. The number of amides is 3. The first-order valence-electron chi connectivity index (χ1n) is 10.2. The van der Waals surface area contributed by atoms with Crippen LogP contribution in [0.2, 0.25) is 0 Å². The van der Waals surface area contributed by atoms with E-state index in [-0.39, 0.29) is 18.5 Å². The van der Waals surface area contributed by atoms with Crippen molar-refractivity contribution >= 4 is 29.4 Å². The standard InChI is InChI=1S/C23H25N3O7/c1-14-6-4-5-7-19(14)24-20(27)13-33-23(30)16-10-21(28)26(12-16)25-22(29)15-8-17(31-2)11-18(9-15)32-3/h4-9,11,16H,10,12-13H2,1-3H3,(H,24,27)(H,25,29)/t16-/m0/s1. The fraction of sp³-hybridized carbons (Fsp3) is 0.304. The second-order valence-corrected chi connectivity index (χ2v) is 7.42. The van der Waals surface area contributed by atoms with E-state index in [9.17, 15) is 19.2 Å². The molecule has 2 aromatic carbocycles. The summed E-state index contributed by atoms with van der Waals surface area (Å²) >= 11 is 0. The number of aryl methyl sites for hydroxylation is 1. The summed E-state index contributed by atoms with van der Waals surface area (Å²) in [5, 5.41) is 3.73. The van der Waals surface area contributed by atoms with E-state index >= 15 is 0 Å². The maximum atomic E-state index is 12.6. The number of hydrogen-bond donors (Lipinski definition) is 2. The molecule has 0 aliphatic carbocycles. The van der Waals surface area contributed by atoms with Crippen LogP contribution in [0, 0.1) is 12.8 Å². The molecule has 0 bridgehead atoms. The van der Waals surface area contributed by atoms with Crippen LogP contribution in [-0.4, -0.2) is 56.1 Å². The predicted octanol–water partition coefficient (Wildman–Crippen LogP) is 1.69. The third-order valence-corrected chi connectivity index (χ3v) is 5.07. The lowest BCUT2D eigenvalue weighted by molar-refractivity contribution is -0.151. The van der Waals surface area contributed by atoms with E-state index in [1.165, 1.54) is 26.4 Å². The van der Waals surface area contributed by atoms with Crippen LogP contribution in [0.15, 0.2) is 42.5 Å². The van der Waals surface area contributed by atoms with E-state index in [2.05, 4.69) is 10.7 Å². The number of rotatable bonds is 8. The molecule has 10 heteroatoms. The topological polar surface area (TPSA) is 123 Å². The summed E-state index contributed by atoms with van der Waals surface area (Å²) in [7, 11) is 2.91. The summed E-state index contributed by atoms with van der Waals surface area (Å²) in [4.78, 5) is 49.3. The van der Waals surface area contributed by atoms with Crippen LogP contribution >= 0.6 is 0 Å². The molecule has 1 atom stereocenters. The molecule has 3 amide bonds. The molecule has 3 rings (SSSR count). The van der Waals surface area contributed by atoms with Gasteiger partial charge in [0.1, 0.15) is 11.5 Å². The van der Waals surface area contributed by atoms with E-state index in [4.69, 9.17) is 14.2 Å². The minimum atomic E-state index is -0.802. The minimum absolute atomic E-state index is 0.0656. The maximum absolute atomic E-state index is 12.6. The van der Waals surface area contributed by atoms with Crippen molar-refractivity contribution in [2.75, 3.05) is 32.7 Å². The van der Waals surface area contributed by atoms with Gasteiger partial charge in [0, 0.05) is 23.7 Å². The van der Waals surface area contributed by atoms with Gasteiger partial charge in [0.2, 0.25) is 5.91 Å². The number of nitrogens with one attached hydrogen (secondary N) is 2. The Morgan fingerprint density at radius 3 is 2.36 bits per heavy atom. The number of nitrogens with zero attached hydrogens (tertiary/aromatic N) is 1. The Morgan fingerprint density at radius 1 is 1.06 bits per heavy atom. The Bertz CT molecular complexity index is 1050. The van der Waals surface area contributed by atoms with Gasteiger partial charge in [-0.25, -0.2) is 0 Å². The number of methoxy groups -OCH3 is 2. The molecule has 1 aliphatic heterocycles. The van der Waals surface area contributed by atoms with E-state index in [0.717, 1.165) is 10.6 Å². The van der Waals surface area contributed by atoms with Gasteiger partial charge in [0.05, 0.1) is 26.7 Å². The number of carbonyl (C=O) groups excluding carboxylic acids is 4. The first-order valence-corrected chi connectivity index (χ1v) is 10.2. The van der Waals surface area contributed by atoms with Gasteiger partial charge in [-0.3, -0.25) is 29.6 Å². The first kappa shape index (κ1) is 23.6.